The van der Waals surface area contributed by atoms with Crippen LogP contribution in [0.1, 0.15) is 44.9 Å². The molecule has 0 aromatic heterocycles. The number of nitriles is 1. The number of carbonyl (C=O) groups excluding carboxylic acids is 1. The Morgan fingerprint density at radius 1 is 1.00 bits per heavy atom. The molecule has 2 aliphatic rings. The molecule has 8 nitrogen and oxygen atoms in total. The van der Waals surface area contributed by atoms with Gasteiger partial charge in [-0.15, -0.1) is 0 Å². The average Bonchev–Trinajstić information content (AvgIpc) is 3.35. The quantitative estimate of drug-likeness (QED) is 0.601. The Hall–Kier alpha value is -3.25. The summed E-state index contributed by atoms with van der Waals surface area (Å²) in [7, 11) is -2.41. The summed E-state index contributed by atoms with van der Waals surface area (Å²) in [5, 5.41) is 12.4. The largest absolute Gasteiger partial charge is 0.497 e. The van der Waals surface area contributed by atoms with E-state index in [1.807, 2.05) is 0 Å². The zero-order chi connectivity index (χ0) is 24.2. The van der Waals surface area contributed by atoms with Crippen molar-refractivity contribution in [2.24, 2.45) is 5.41 Å². The molecule has 1 aliphatic heterocycles. The SMILES string of the molecule is COc1ccc(NS(=O)(=O)c2cc(NC(=O)C3(C#N)CCCC3)ccc2N2CCCCC2)cc1. The molecule has 9 heteroatoms. The molecule has 34 heavy (non-hydrogen) atoms. The second kappa shape index (κ2) is 9.94. The van der Waals surface area contributed by atoms with Crippen LogP contribution >= 0.6 is 0 Å². The van der Waals surface area contributed by atoms with Crippen molar-refractivity contribution in [3.05, 3.63) is 42.5 Å². The second-order valence-electron chi connectivity index (χ2n) is 8.92. The van der Waals surface area contributed by atoms with Gasteiger partial charge < -0.3 is 15.0 Å². The summed E-state index contributed by atoms with van der Waals surface area (Å²) in [6.45, 7) is 1.54. The molecule has 1 aliphatic carbocycles. The number of nitrogens with zero attached hydrogens (tertiary/aromatic N) is 2. The van der Waals surface area contributed by atoms with Gasteiger partial charge in [-0.1, -0.05) is 12.8 Å². The summed E-state index contributed by atoms with van der Waals surface area (Å²) in [6.07, 6.45) is 5.81. The van der Waals surface area contributed by atoms with Crippen molar-refractivity contribution in [2.45, 2.75) is 49.8 Å². The zero-order valence-electron chi connectivity index (χ0n) is 19.3. The highest BCUT2D eigenvalue weighted by Crippen LogP contribution is 2.39. The van der Waals surface area contributed by atoms with Crippen LogP contribution in [0.15, 0.2) is 47.4 Å². The Bertz CT molecular complexity index is 1180. The van der Waals surface area contributed by atoms with E-state index < -0.39 is 15.4 Å². The molecule has 1 amide bonds. The van der Waals surface area contributed by atoms with E-state index in [-0.39, 0.29) is 10.8 Å². The van der Waals surface area contributed by atoms with Crippen LogP contribution in [0.3, 0.4) is 0 Å². The third-order valence-electron chi connectivity index (χ3n) is 6.65. The van der Waals surface area contributed by atoms with Crippen molar-refractivity contribution < 1.29 is 17.9 Å². The lowest BCUT2D eigenvalue weighted by atomic mass is 9.87. The maximum Gasteiger partial charge on any atom is 0.264 e. The highest BCUT2D eigenvalue weighted by molar-refractivity contribution is 7.92. The number of methoxy groups -OCH3 is 1. The Morgan fingerprint density at radius 3 is 2.26 bits per heavy atom. The van der Waals surface area contributed by atoms with Crippen molar-refractivity contribution in [1.82, 2.24) is 0 Å². The Morgan fingerprint density at radius 2 is 1.65 bits per heavy atom. The van der Waals surface area contributed by atoms with Gasteiger partial charge in [-0.2, -0.15) is 5.26 Å². The Balaban J connectivity index is 1.67. The molecule has 2 aromatic carbocycles. The molecule has 4 rings (SSSR count). The number of anilines is 3. The number of amides is 1. The van der Waals surface area contributed by atoms with Crippen molar-refractivity contribution in [2.75, 3.05) is 35.1 Å². The zero-order valence-corrected chi connectivity index (χ0v) is 20.2. The summed E-state index contributed by atoms with van der Waals surface area (Å²) in [5.74, 6) is 0.254. The fourth-order valence-corrected chi connectivity index (χ4v) is 6.00. The molecule has 1 heterocycles. The standard InChI is InChI=1S/C25H30N4O4S/c1-33-21-10-7-19(8-11-21)28-34(31,32)23-17-20(9-12-22(23)29-15-5-2-6-16-29)27-24(30)25(18-26)13-3-4-14-25/h7-12,17,28H,2-6,13-16H2,1H3,(H,27,30). The number of carbonyl (C=O) groups is 1. The van der Waals surface area contributed by atoms with Crippen molar-refractivity contribution >= 4 is 33.0 Å². The maximum absolute atomic E-state index is 13.5. The number of rotatable bonds is 7. The molecule has 2 N–H and O–H groups in total. The predicted octanol–water partition coefficient (Wildman–Crippen LogP) is 4.51. The third-order valence-corrected chi connectivity index (χ3v) is 8.06. The van der Waals surface area contributed by atoms with Crippen molar-refractivity contribution in [3.8, 4) is 11.8 Å². The van der Waals surface area contributed by atoms with E-state index in [2.05, 4.69) is 21.0 Å². The Kier molecular flexibility index (Phi) is 6.98. The predicted molar refractivity (Wildman–Crippen MR) is 131 cm³/mol. The lowest BCUT2D eigenvalue weighted by Gasteiger charge is -2.31. The molecule has 0 radical (unpaired) electrons. The number of ether oxygens (including phenoxy) is 1. The second-order valence-corrected chi connectivity index (χ2v) is 10.6. The van der Waals surface area contributed by atoms with Gasteiger partial charge in [0.15, 0.2) is 0 Å². The van der Waals surface area contributed by atoms with Gasteiger partial charge in [0.2, 0.25) is 5.91 Å². The van der Waals surface area contributed by atoms with Crippen LogP contribution in [0.2, 0.25) is 0 Å². The van der Waals surface area contributed by atoms with Crippen molar-refractivity contribution in [3.63, 3.8) is 0 Å². The lowest BCUT2D eigenvalue weighted by Crippen LogP contribution is -2.33. The molecule has 2 aromatic rings. The summed E-state index contributed by atoms with van der Waals surface area (Å²) in [6, 6.07) is 13.8. The topological polar surface area (TPSA) is 112 Å². The number of benzene rings is 2. The molecule has 1 saturated heterocycles. The maximum atomic E-state index is 13.5. The van der Waals surface area contributed by atoms with E-state index in [9.17, 15) is 18.5 Å². The molecule has 0 unspecified atom stereocenters. The molecule has 0 bridgehead atoms. The normalized spacial score (nSPS) is 17.6. The van der Waals surface area contributed by atoms with Gasteiger partial charge in [-0.3, -0.25) is 9.52 Å². The molecule has 2 fully saturated rings. The minimum absolute atomic E-state index is 0.0976. The fraction of sp³-hybridized carbons (Fsp3) is 0.440. The summed E-state index contributed by atoms with van der Waals surface area (Å²) < 4.78 is 34.8. The lowest BCUT2D eigenvalue weighted by molar-refractivity contribution is -0.122. The number of hydrogen-bond acceptors (Lipinski definition) is 6. The first-order chi connectivity index (χ1) is 16.4. The fourth-order valence-electron chi connectivity index (χ4n) is 4.69. The van der Waals surface area contributed by atoms with Crippen LogP contribution in [0.4, 0.5) is 17.1 Å². The third kappa shape index (κ3) is 4.97. The van der Waals surface area contributed by atoms with Crippen LogP contribution < -0.4 is 19.7 Å². The van der Waals surface area contributed by atoms with Crippen LogP contribution in [0.5, 0.6) is 5.75 Å². The molecule has 180 valence electrons. The minimum Gasteiger partial charge on any atom is -0.497 e. The molecule has 0 spiro atoms. The van der Waals surface area contributed by atoms with Crippen LogP contribution in [0, 0.1) is 16.7 Å². The van der Waals surface area contributed by atoms with E-state index in [0.717, 1.165) is 45.2 Å². The number of piperidine rings is 1. The number of nitrogens with one attached hydrogen (secondary N) is 2. The monoisotopic (exact) mass is 482 g/mol. The van der Waals surface area contributed by atoms with Gasteiger partial charge in [0.25, 0.3) is 10.0 Å². The molecule has 0 atom stereocenters. The Labute approximate surface area is 201 Å². The average molecular weight is 483 g/mol. The van der Waals surface area contributed by atoms with E-state index in [1.165, 1.54) is 6.07 Å². The molecule has 1 saturated carbocycles. The van der Waals surface area contributed by atoms with Gasteiger partial charge >= 0.3 is 0 Å². The van der Waals surface area contributed by atoms with Gasteiger partial charge in [0.1, 0.15) is 16.1 Å². The van der Waals surface area contributed by atoms with Crippen LogP contribution in [0.25, 0.3) is 0 Å². The highest BCUT2D eigenvalue weighted by atomic mass is 32.2. The highest BCUT2D eigenvalue weighted by Gasteiger charge is 2.41. The first kappa shape index (κ1) is 23.9. The van der Waals surface area contributed by atoms with Crippen LogP contribution in [-0.4, -0.2) is 34.5 Å². The number of sulfonamides is 1. The minimum atomic E-state index is -3.96. The van der Waals surface area contributed by atoms with Gasteiger partial charge in [0.05, 0.1) is 18.9 Å². The summed E-state index contributed by atoms with van der Waals surface area (Å²) in [4.78, 5) is 15.1. The van der Waals surface area contributed by atoms with E-state index in [0.29, 0.717) is 35.7 Å². The van der Waals surface area contributed by atoms with E-state index in [1.54, 1.807) is 43.5 Å². The van der Waals surface area contributed by atoms with Crippen molar-refractivity contribution in [1.29, 1.82) is 5.26 Å². The van der Waals surface area contributed by atoms with Gasteiger partial charge in [0, 0.05) is 24.5 Å². The summed E-state index contributed by atoms with van der Waals surface area (Å²) in [5.41, 5.74) is 0.331. The summed E-state index contributed by atoms with van der Waals surface area (Å²) >= 11 is 0. The smallest absolute Gasteiger partial charge is 0.264 e. The molecular weight excluding hydrogens is 452 g/mol. The first-order valence-electron chi connectivity index (χ1n) is 11.7. The van der Waals surface area contributed by atoms with Gasteiger partial charge in [-0.05, 0) is 74.6 Å². The molecular formula is C25H30N4O4S. The van der Waals surface area contributed by atoms with E-state index in [4.69, 9.17) is 4.74 Å². The van der Waals surface area contributed by atoms with E-state index >= 15 is 0 Å². The first-order valence-corrected chi connectivity index (χ1v) is 13.1. The number of hydrogen-bond donors (Lipinski definition) is 2. The van der Waals surface area contributed by atoms with Crippen LogP contribution in [-0.2, 0) is 14.8 Å². The van der Waals surface area contributed by atoms with Gasteiger partial charge in [-0.25, -0.2) is 8.42 Å².